The van der Waals surface area contributed by atoms with Gasteiger partial charge in [0.05, 0.1) is 4.88 Å². The van der Waals surface area contributed by atoms with Crippen LogP contribution in [0.15, 0.2) is 30.3 Å². The summed E-state index contributed by atoms with van der Waals surface area (Å²) in [5.41, 5.74) is 3.60. The van der Waals surface area contributed by atoms with Gasteiger partial charge in [0.25, 0.3) is 5.91 Å². The van der Waals surface area contributed by atoms with Crippen LogP contribution in [0.5, 0.6) is 0 Å². The lowest BCUT2D eigenvalue weighted by molar-refractivity contribution is 0.0797. The molecule has 0 radical (unpaired) electrons. The Morgan fingerprint density at radius 2 is 1.62 bits per heavy atom. The number of anilines is 1. The van der Waals surface area contributed by atoms with Crippen LogP contribution in [0.2, 0.25) is 0 Å². The molecule has 4 nitrogen and oxygen atoms in total. The Balaban J connectivity index is 1.51. The molecule has 2 aliphatic heterocycles. The highest BCUT2D eigenvalue weighted by Crippen LogP contribution is 2.33. The van der Waals surface area contributed by atoms with Crippen molar-refractivity contribution in [3.63, 3.8) is 0 Å². The summed E-state index contributed by atoms with van der Waals surface area (Å²) < 4.78 is 0. The second-order valence-electron chi connectivity index (χ2n) is 7.46. The van der Waals surface area contributed by atoms with Crippen molar-refractivity contribution in [2.45, 2.75) is 19.8 Å². The lowest BCUT2D eigenvalue weighted by Gasteiger charge is -2.34. The fraction of sp³-hybridized carbons (Fsp3) is 0.476. The van der Waals surface area contributed by atoms with Crippen LogP contribution in [0, 0.1) is 6.92 Å². The molecule has 2 fully saturated rings. The minimum atomic E-state index is 0.213. The topological polar surface area (TPSA) is 26.8 Å². The molecular formula is C21H27N3OS. The summed E-state index contributed by atoms with van der Waals surface area (Å²) in [5.74, 6) is 0.213. The monoisotopic (exact) mass is 369 g/mol. The summed E-state index contributed by atoms with van der Waals surface area (Å²) >= 11 is 1.64. The van der Waals surface area contributed by atoms with E-state index in [1.54, 1.807) is 11.3 Å². The van der Waals surface area contributed by atoms with Crippen molar-refractivity contribution in [1.29, 1.82) is 0 Å². The fourth-order valence-corrected chi connectivity index (χ4v) is 4.95. The van der Waals surface area contributed by atoms with E-state index in [-0.39, 0.29) is 5.91 Å². The number of likely N-dealkylation sites (tertiary alicyclic amines) is 1. The summed E-state index contributed by atoms with van der Waals surface area (Å²) in [4.78, 5) is 21.6. The molecule has 5 heteroatoms. The third kappa shape index (κ3) is 3.51. The number of piperazine rings is 1. The Morgan fingerprint density at radius 3 is 2.27 bits per heavy atom. The van der Waals surface area contributed by atoms with Crippen molar-refractivity contribution < 1.29 is 4.79 Å². The zero-order valence-corrected chi connectivity index (χ0v) is 16.5. The zero-order valence-electron chi connectivity index (χ0n) is 15.7. The van der Waals surface area contributed by atoms with Gasteiger partial charge in [0, 0.05) is 49.8 Å². The standard InChI is InChI=1S/C21H27N3OS/c1-16-15-19(26-20(16)21(25)24-9-3-4-10-24)17-5-7-18(8-6-17)23-13-11-22(2)12-14-23/h5-8,15H,3-4,9-14H2,1-2H3. The number of carbonyl (C=O) groups is 1. The normalized spacial score (nSPS) is 18.5. The molecule has 4 rings (SSSR count). The van der Waals surface area contributed by atoms with Gasteiger partial charge in [-0.25, -0.2) is 0 Å². The highest BCUT2D eigenvalue weighted by molar-refractivity contribution is 7.17. The molecule has 0 atom stereocenters. The molecule has 3 heterocycles. The van der Waals surface area contributed by atoms with E-state index in [0.29, 0.717) is 0 Å². The summed E-state index contributed by atoms with van der Waals surface area (Å²) in [6.07, 6.45) is 2.27. The second kappa shape index (κ2) is 7.41. The summed E-state index contributed by atoms with van der Waals surface area (Å²) in [6, 6.07) is 11.0. The molecular weight excluding hydrogens is 342 g/mol. The van der Waals surface area contributed by atoms with Crippen molar-refractivity contribution in [1.82, 2.24) is 9.80 Å². The third-order valence-corrected chi connectivity index (χ3v) is 6.80. The van der Waals surface area contributed by atoms with E-state index in [9.17, 15) is 4.79 Å². The smallest absolute Gasteiger partial charge is 0.264 e. The van der Waals surface area contributed by atoms with Crippen molar-refractivity contribution in [2.24, 2.45) is 0 Å². The Bertz CT molecular complexity index is 769. The van der Waals surface area contributed by atoms with Gasteiger partial charge >= 0.3 is 0 Å². The van der Waals surface area contributed by atoms with Gasteiger partial charge in [0.2, 0.25) is 0 Å². The predicted octanol–water partition coefficient (Wildman–Crippen LogP) is 3.71. The van der Waals surface area contributed by atoms with Gasteiger partial charge in [0.15, 0.2) is 0 Å². The highest BCUT2D eigenvalue weighted by Gasteiger charge is 2.23. The molecule has 2 aliphatic rings. The van der Waals surface area contributed by atoms with E-state index in [4.69, 9.17) is 0 Å². The fourth-order valence-electron chi connectivity index (χ4n) is 3.80. The van der Waals surface area contributed by atoms with E-state index < -0.39 is 0 Å². The zero-order chi connectivity index (χ0) is 18.1. The van der Waals surface area contributed by atoms with Crippen LogP contribution < -0.4 is 4.90 Å². The molecule has 26 heavy (non-hydrogen) atoms. The number of thiophene rings is 1. The maximum absolute atomic E-state index is 12.7. The number of carbonyl (C=O) groups excluding carboxylic acids is 1. The van der Waals surface area contributed by atoms with E-state index >= 15 is 0 Å². The first-order valence-electron chi connectivity index (χ1n) is 9.55. The maximum atomic E-state index is 12.7. The van der Waals surface area contributed by atoms with Crippen molar-refractivity contribution >= 4 is 22.9 Å². The van der Waals surface area contributed by atoms with Crippen molar-refractivity contribution in [2.75, 3.05) is 51.2 Å². The maximum Gasteiger partial charge on any atom is 0.264 e. The van der Waals surface area contributed by atoms with Crippen LogP contribution in [-0.2, 0) is 0 Å². The number of hydrogen-bond acceptors (Lipinski definition) is 4. The number of nitrogens with zero attached hydrogens (tertiary/aromatic N) is 3. The lowest BCUT2D eigenvalue weighted by atomic mass is 10.1. The van der Waals surface area contributed by atoms with Gasteiger partial charge in [-0.15, -0.1) is 11.3 Å². The average Bonchev–Trinajstić information content (AvgIpc) is 3.32. The molecule has 0 aliphatic carbocycles. The summed E-state index contributed by atoms with van der Waals surface area (Å²) in [6.45, 7) is 8.28. The molecule has 138 valence electrons. The molecule has 1 aromatic carbocycles. The summed E-state index contributed by atoms with van der Waals surface area (Å²) in [5, 5.41) is 0. The average molecular weight is 370 g/mol. The third-order valence-electron chi connectivity index (χ3n) is 5.53. The van der Waals surface area contributed by atoms with Crippen LogP contribution >= 0.6 is 11.3 Å². The number of hydrogen-bond donors (Lipinski definition) is 0. The molecule has 0 saturated carbocycles. The highest BCUT2D eigenvalue weighted by atomic mass is 32.1. The first-order chi connectivity index (χ1) is 12.6. The van der Waals surface area contributed by atoms with Crippen LogP contribution in [-0.4, -0.2) is 62.0 Å². The number of benzene rings is 1. The number of likely N-dealkylation sites (N-methyl/N-ethyl adjacent to an activating group) is 1. The van der Waals surface area contributed by atoms with Crippen LogP contribution in [0.25, 0.3) is 10.4 Å². The molecule has 0 bridgehead atoms. The SMILES string of the molecule is Cc1cc(-c2ccc(N3CCN(C)CC3)cc2)sc1C(=O)N1CCCC1. The van der Waals surface area contributed by atoms with E-state index in [1.807, 2.05) is 4.90 Å². The van der Waals surface area contributed by atoms with Gasteiger partial charge in [-0.05, 0) is 56.1 Å². The quantitative estimate of drug-likeness (QED) is 0.825. The van der Waals surface area contributed by atoms with Gasteiger partial charge in [-0.2, -0.15) is 0 Å². The van der Waals surface area contributed by atoms with Gasteiger partial charge < -0.3 is 14.7 Å². The molecule has 1 amide bonds. The Kier molecular flexibility index (Phi) is 5.00. The van der Waals surface area contributed by atoms with Crippen LogP contribution in [0.1, 0.15) is 28.1 Å². The number of rotatable bonds is 3. The first-order valence-corrected chi connectivity index (χ1v) is 10.4. The van der Waals surface area contributed by atoms with Gasteiger partial charge in [-0.3, -0.25) is 4.79 Å². The molecule has 0 spiro atoms. The molecule has 2 saturated heterocycles. The molecule has 0 N–H and O–H groups in total. The predicted molar refractivity (Wildman–Crippen MR) is 109 cm³/mol. The lowest BCUT2D eigenvalue weighted by Crippen LogP contribution is -2.44. The van der Waals surface area contributed by atoms with Gasteiger partial charge in [-0.1, -0.05) is 12.1 Å². The first kappa shape index (κ1) is 17.6. The van der Waals surface area contributed by atoms with Crippen LogP contribution in [0.3, 0.4) is 0 Å². The minimum absolute atomic E-state index is 0.213. The Labute approximate surface area is 160 Å². The van der Waals surface area contributed by atoms with E-state index in [1.165, 1.54) is 16.1 Å². The van der Waals surface area contributed by atoms with E-state index in [0.717, 1.165) is 62.6 Å². The molecule has 0 unspecified atom stereocenters. The summed E-state index contributed by atoms with van der Waals surface area (Å²) in [7, 11) is 2.18. The Hall–Kier alpha value is -1.85. The second-order valence-corrected chi connectivity index (χ2v) is 8.51. The number of amides is 1. The van der Waals surface area contributed by atoms with Crippen molar-refractivity contribution in [3.8, 4) is 10.4 Å². The molecule has 2 aromatic rings. The van der Waals surface area contributed by atoms with Gasteiger partial charge in [0.1, 0.15) is 0 Å². The molecule has 1 aromatic heterocycles. The van der Waals surface area contributed by atoms with Crippen LogP contribution in [0.4, 0.5) is 5.69 Å². The van der Waals surface area contributed by atoms with E-state index in [2.05, 4.69) is 54.1 Å². The Morgan fingerprint density at radius 1 is 0.962 bits per heavy atom. The largest absolute Gasteiger partial charge is 0.369 e. The number of aryl methyl sites for hydroxylation is 1. The minimum Gasteiger partial charge on any atom is -0.369 e. The van der Waals surface area contributed by atoms with Crippen molar-refractivity contribution in [3.05, 3.63) is 40.8 Å².